The van der Waals surface area contributed by atoms with Crippen molar-refractivity contribution in [2.24, 2.45) is 0 Å². The van der Waals surface area contributed by atoms with Gasteiger partial charge in [0.1, 0.15) is 10.7 Å². The van der Waals surface area contributed by atoms with Crippen molar-refractivity contribution >= 4 is 16.5 Å². The minimum atomic E-state index is -0.280. The summed E-state index contributed by atoms with van der Waals surface area (Å²) in [6.45, 7) is 3.20. The van der Waals surface area contributed by atoms with Crippen LogP contribution in [0.25, 0.3) is 0 Å². The smallest absolute Gasteiger partial charge is 0.347 e. The Morgan fingerprint density at radius 1 is 1.56 bits per heavy atom. The molecule has 0 atom stereocenters. The Bertz CT molecular complexity index is 520. The zero-order valence-corrected chi connectivity index (χ0v) is 9.57. The van der Waals surface area contributed by atoms with Gasteiger partial charge in [-0.15, -0.1) is 5.10 Å². The van der Waals surface area contributed by atoms with Gasteiger partial charge in [0.2, 0.25) is 0 Å². The minimum Gasteiger partial charge on any atom is -0.374 e. The molecule has 0 spiro atoms. The molecule has 2 aromatic heterocycles. The molecule has 0 amide bonds. The molecule has 0 bridgehead atoms. The molecule has 16 heavy (non-hydrogen) atoms. The average molecular weight is 237 g/mol. The Balaban J connectivity index is 2.24. The monoisotopic (exact) mass is 237 g/mol. The number of nitrogens with one attached hydrogen (secondary N) is 1. The lowest BCUT2D eigenvalue weighted by Gasteiger charge is -2.03. The number of hydrogen-bond acceptors (Lipinski definition) is 6. The third kappa shape index (κ3) is 2.25. The Morgan fingerprint density at radius 3 is 3.19 bits per heavy atom. The van der Waals surface area contributed by atoms with E-state index in [1.165, 1.54) is 22.3 Å². The highest BCUT2D eigenvalue weighted by Crippen LogP contribution is 2.17. The van der Waals surface area contributed by atoms with Crippen molar-refractivity contribution in [2.45, 2.75) is 13.5 Å². The summed E-state index contributed by atoms with van der Waals surface area (Å²) < 4.78 is 5.36. The number of anilines is 1. The average Bonchev–Trinajstić information content (AvgIpc) is 2.70. The molecule has 0 aromatic carbocycles. The first-order valence-electron chi connectivity index (χ1n) is 4.88. The molecule has 7 heteroatoms. The molecule has 0 saturated heterocycles. The van der Waals surface area contributed by atoms with Gasteiger partial charge in [0, 0.05) is 30.5 Å². The fourth-order valence-electron chi connectivity index (χ4n) is 1.28. The van der Waals surface area contributed by atoms with E-state index < -0.39 is 0 Å². The van der Waals surface area contributed by atoms with Crippen molar-refractivity contribution in [3.05, 3.63) is 34.6 Å². The number of aromatic nitrogens is 4. The first-order valence-corrected chi connectivity index (χ1v) is 5.65. The van der Waals surface area contributed by atoms with Crippen LogP contribution in [-0.4, -0.2) is 25.7 Å². The second-order valence-electron chi connectivity index (χ2n) is 3.11. The predicted molar refractivity (Wildman–Crippen MR) is 61.7 cm³/mol. The number of rotatable bonds is 4. The van der Waals surface area contributed by atoms with E-state index in [-0.39, 0.29) is 5.69 Å². The molecule has 6 nitrogen and oxygen atoms in total. The molecule has 0 fully saturated rings. The Labute approximate surface area is 96.1 Å². The normalized spacial score (nSPS) is 10.3. The van der Waals surface area contributed by atoms with E-state index in [0.717, 1.165) is 17.2 Å². The van der Waals surface area contributed by atoms with Crippen LogP contribution in [0.4, 0.5) is 5.00 Å². The van der Waals surface area contributed by atoms with Crippen LogP contribution < -0.4 is 11.0 Å². The molecule has 2 rings (SSSR count). The van der Waals surface area contributed by atoms with Gasteiger partial charge in [-0.3, -0.25) is 4.57 Å². The summed E-state index contributed by atoms with van der Waals surface area (Å²) in [7, 11) is 0. The van der Waals surface area contributed by atoms with Crippen molar-refractivity contribution < 1.29 is 0 Å². The van der Waals surface area contributed by atoms with E-state index in [1.807, 2.05) is 6.92 Å². The van der Waals surface area contributed by atoms with Crippen LogP contribution in [0.5, 0.6) is 0 Å². The molecule has 0 unspecified atom stereocenters. The van der Waals surface area contributed by atoms with E-state index in [2.05, 4.69) is 19.9 Å². The van der Waals surface area contributed by atoms with Crippen LogP contribution in [0.2, 0.25) is 0 Å². The van der Waals surface area contributed by atoms with Crippen molar-refractivity contribution in [1.82, 2.24) is 19.1 Å². The molecular formula is C9H11N5OS. The molecule has 1 N–H and O–H groups in total. The summed E-state index contributed by atoms with van der Waals surface area (Å²) in [6.07, 6.45) is 3.16. The third-order valence-electron chi connectivity index (χ3n) is 2.00. The zero-order valence-electron chi connectivity index (χ0n) is 8.75. The molecule has 84 valence electrons. The second-order valence-corrected chi connectivity index (χ2v) is 3.86. The zero-order chi connectivity index (χ0) is 11.4. The summed E-state index contributed by atoms with van der Waals surface area (Å²) in [5.74, 6) is 0. The van der Waals surface area contributed by atoms with Gasteiger partial charge in [-0.25, -0.2) is 9.78 Å². The molecule has 0 aliphatic rings. The topological polar surface area (TPSA) is 72.7 Å². The lowest BCUT2D eigenvalue weighted by atomic mass is 10.4. The van der Waals surface area contributed by atoms with Crippen LogP contribution in [0.1, 0.15) is 12.6 Å². The van der Waals surface area contributed by atoms with Crippen LogP contribution in [0, 0.1) is 0 Å². The highest BCUT2D eigenvalue weighted by atomic mass is 32.1. The summed E-state index contributed by atoms with van der Waals surface area (Å²) in [6, 6.07) is 1.72. The quantitative estimate of drug-likeness (QED) is 0.841. The summed E-state index contributed by atoms with van der Waals surface area (Å²) in [4.78, 5) is 15.1. The highest BCUT2D eigenvalue weighted by Gasteiger charge is 2.08. The first-order chi connectivity index (χ1) is 7.81. The number of hydrogen-bond donors (Lipinski definition) is 1. The molecule has 0 aliphatic carbocycles. The van der Waals surface area contributed by atoms with Gasteiger partial charge in [-0.2, -0.15) is 0 Å². The van der Waals surface area contributed by atoms with Gasteiger partial charge < -0.3 is 5.32 Å². The van der Waals surface area contributed by atoms with E-state index in [0.29, 0.717) is 6.54 Å². The fourth-order valence-corrected chi connectivity index (χ4v) is 1.92. The van der Waals surface area contributed by atoms with E-state index in [4.69, 9.17) is 0 Å². The summed E-state index contributed by atoms with van der Waals surface area (Å²) >= 11 is 1.29. The Kier molecular flexibility index (Phi) is 3.25. The van der Waals surface area contributed by atoms with Gasteiger partial charge in [0.05, 0.1) is 6.54 Å². The van der Waals surface area contributed by atoms with Crippen molar-refractivity contribution in [1.29, 1.82) is 0 Å². The van der Waals surface area contributed by atoms with Crippen molar-refractivity contribution in [3.63, 3.8) is 0 Å². The van der Waals surface area contributed by atoms with Crippen LogP contribution in [0.15, 0.2) is 23.3 Å². The lowest BCUT2D eigenvalue weighted by molar-refractivity contribution is 0.708. The maximum Gasteiger partial charge on any atom is 0.347 e. The summed E-state index contributed by atoms with van der Waals surface area (Å²) in [5, 5.41) is 8.04. The van der Waals surface area contributed by atoms with E-state index in [1.54, 1.807) is 12.3 Å². The largest absolute Gasteiger partial charge is 0.374 e. The van der Waals surface area contributed by atoms with Crippen LogP contribution in [-0.2, 0) is 6.54 Å². The Hall–Kier alpha value is -1.76. The van der Waals surface area contributed by atoms with Gasteiger partial charge in [0.15, 0.2) is 0 Å². The number of nitrogens with zero attached hydrogens (tertiary/aromatic N) is 4. The maximum atomic E-state index is 11.4. The SMILES string of the molecule is CCNc1snnc1Cn1cccnc1=O. The van der Waals surface area contributed by atoms with Gasteiger partial charge in [-0.05, 0) is 13.0 Å². The molecule has 0 aliphatic heterocycles. The molecule has 2 aromatic rings. The standard InChI is InChI=1S/C9H11N5OS/c1-2-10-8-7(12-13-16-8)6-14-5-3-4-11-9(14)15/h3-5,10H,2,6H2,1H3. The maximum absolute atomic E-state index is 11.4. The van der Waals surface area contributed by atoms with E-state index >= 15 is 0 Å². The first kappa shape index (κ1) is 10.7. The van der Waals surface area contributed by atoms with Gasteiger partial charge in [-0.1, -0.05) is 4.49 Å². The van der Waals surface area contributed by atoms with Crippen molar-refractivity contribution in [3.8, 4) is 0 Å². The molecular weight excluding hydrogens is 226 g/mol. The molecule has 0 radical (unpaired) electrons. The minimum absolute atomic E-state index is 0.280. The molecule has 2 heterocycles. The van der Waals surface area contributed by atoms with Crippen molar-refractivity contribution in [2.75, 3.05) is 11.9 Å². The van der Waals surface area contributed by atoms with Gasteiger partial charge in [0.25, 0.3) is 0 Å². The summed E-state index contributed by atoms with van der Waals surface area (Å²) in [5.41, 5.74) is 0.486. The highest BCUT2D eigenvalue weighted by molar-refractivity contribution is 7.10. The second kappa shape index (κ2) is 4.84. The van der Waals surface area contributed by atoms with Crippen LogP contribution in [0.3, 0.4) is 0 Å². The lowest BCUT2D eigenvalue weighted by Crippen LogP contribution is -2.22. The Morgan fingerprint density at radius 2 is 2.44 bits per heavy atom. The fraction of sp³-hybridized carbons (Fsp3) is 0.333. The molecule has 0 saturated carbocycles. The third-order valence-corrected chi connectivity index (χ3v) is 2.72. The van der Waals surface area contributed by atoms with Crippen LogP contribution >= 0.6 is 11.5 Å². The van der Waals surface area contributed by atoms with E-state index in [9.17, 15) is 4.79 Å². The van der Waals surface area contributed by atoms with Gasteiger partial charge >= 0.3 is 5.69 Å². The predicted octanol–water partition coefficient (Wildman–Crippen LogP) is 0.575.